The van der Waals surface area contributed by atoms with Gasteiger partial charge in [0.1, 0.15) is 5.75 Å². The number of hydrogen-bond donors (Lipinski definition) is 2. The van der Waals surface area contributed by atoms with Gasteiger partial charge in [-0.1, -0.05) is 6.92 Å². The van der Waals surface area contributed by atoms with Crippen molar-refractivity contribution in [1.82, 2.24) is 9.88 Å². The number of ether oxygens (including phenoxy) is 1. The average Bonchev–Trinajstić information content (AvgIpc) is 2.98. The maximum atomic E-state index is 11.8. The third-order valence-electron chi connectivity index (χ3n) is 4.29. The van der Waals surface area contributed by atoms with Crippen molar-refractivity contribution in [3.05, 3.63) is 30.0 Å². The predicted molar refractivity (Wildman–Crippen MR) is 96.9 cm³/mol. The van der Waals surface area contributed by atoms with Gasteiger partial charge < -0.3 is 19.7 Å². The second kappa shape index (κ2) is 9.22. The van der Waals surface area contributed by atoms with E-state index in [1.165, 1.54) is 5.56 Å². The van der Waals surface area contributed by atoms with E-state index in [1.54, 1.807) is 6.07 Å². The van der Waals surface area contributed by atoms with Gasteiger partial charge in [-0.2, -0.15) is 0 Å². The Kier molecular flexibility index (Phi) is 7.01. The van der Waals surface area contributed by atoms with Crippen LogP contribution in [0, 0.1) is 0 Å². The van der Waals surface area contributed by atoms with Gasteiger partial charge in [0, 0.05) is 42.6 Å². The fraction of sp³-hybridized carbons (Fsp3) is 0.474. The molecule has 0 amide bonds. The highest BCUT2D eigenvalue weighted by molar-refractivity contribution is 5.85. The molecule has 0 radical (unpaired) electrons. The first-order valence-corrected chi connectivity index (χ1v) is 8.70. The zero-order valence-corrected chi connectivity index (χ0v) is 14.9. The summed E-state index contributed by atoms with van der Waals surface area (Å²) in [5.74, 6) is -0.664. The molecular weight excluding hydrogens is 320 g/mol. The fourth-order valence-corrected chi connectivity index (χ4v) is 2.63. The second-order valence-electron chi connectivity index (χ2n) is 6.24. The number of nitrogens with zero attached hydrogens (tertiary/aromatic N) is 1. The summed E-state index contributed by atoms with van der Waals surface area (Å²) in [5.41, 5.74) is 2.20. The smallest absolute Gasteiger partial charge is 0.311 e. The number of nitrogens with one attached hydrogen (secondary N) is 1. The Labute approximate surface area is 147 Å². The molecule has 0 saturated carbocycles. The molecule has 0 unspecified atom stereocenters. The summed E-state index contributed by atoms with van der Waals surface area (Å²) in [5, 5.41) is 9.72. The number of benzene rings is 1. The Morgan fingerprint density at radius 1 is 1.24 bits per heavy atom. The van der Waals surface area contributed by atoms with Crippen molar-refractivity contribution in [2.24, 2.45) is 0 Å². The Morgan fingerprint density at radius 3 is 2.72 bits per heavy atom. The first-order chi connectivity index (χ1) is 12.0. The van der Waals surface area contributed by atoms with E-state index in [2.05, 4.69) is 23.9 Å². The number of carboxylic acid groups (broad SMARTS) is 1. The van der Waals surface area contributed by atoms with Crippen molar-refractivity contribution in [1.29, 1.82) is 0 Å². The molecule has 0 saturated heterocycles. The van der Waals surface area contributed by atoms with Gasteiger partial charge in [0.15, 0.2) is 0 Å². The van der Waals surface area contributed by atoms with Crippen LogP contribution in [0.15, 0.2) is 24.4 Å². The van der Waals surface area contributed by atoms with Crippen molar-refractivity contribution in [2.45, 2.75) is 39.0 Å². The molecule has 2 N–H and O–H groups in total. The van der Waals surface area contributed by atoms with Gasteiger partial charge in [0.05, 0.1) is 0 Å². The van der Waals surface area contributed by atoms with Crippen molar-refractivity contribution >= 4 is 22.8 Å². The van der Waals surface area contributed by atoms with Crippen LogP contribution < -0.4 is 4.74 Å². The number of carboxylic acids is 1. The Morgan fingerprint density at radius 2 is 2.00 bits per heavy atom. The maximum Gasteiger partial charge on any atom is 0.311 e. The van der Waals surface area contributed by atoms with E-state index in [9.17, 15) is 9.59 Å². The Hall–Kier alpha value is -2.34. The number of esters is 1. The van der Waals surface area contributed by atoms with Crippen molar-refractivity contribution in [3.8, 4) is 5.75 Å². The van der Waals surface area contributed by atoms with Gasteiger partial charge >= 0.3 is 11.9 Å². The van der Waals surface area contributed by atoms with Crippen molar-refractivity contribution in [3.63, 3.8) is 0 Å². The molecule has 1 heterocycles. The largest absolute Gasteiger partial charge is 0.481 e. The molecule has 0 aliphatic carbocycles. The lowest BCUT2D eigenvalue weighted by Gasteiger charge is -2.12. The first-order valence-electron chi connectivity index (χ1n) is 8.70. The molecule has 2 aromatic rings. The highest BCUT2D eigenvalue weighted by Crippen LogP contribution is 2.24. The number of fused-ring (bicyclic) bond motifs is 1. The number of unbranched alkanes of at least 4 members (excludes halogenated alkanes) is 1. The highest BCUT2D eigenvalue weighted by atomic mass is 16.5. The summed E-state index contributed by atoms with van der Waals surface area (Å²) in [7, 11) is 2.10. The minimum atomic E-state index is -0.841. The minimum absolute atomic E-state index is 0.0811. The molecule has 136 valence electrons. The third kappa shape index (κ3) is 5.90. The molecule has 25 heavy (non-hydrogen) atoms. The Bertz CT molecular complexity index is 723. The van der Waals surface area contributed by atoms with Crippen LogP contribution in [0.1, 0.15) is 38.2 Å². The van der Waals surface area contributed by atoms with Gasteiger partial charge in [-0.3, -0.25) is 9.59 Å². The molecule has 6 nitrogen and oxygen atoms in total. The molecule has 6 heteroatoms. The molecular formula is C19H26N2O4. The zero-order valence-electron chi connectivity index (χ0n) is 14.9. The van der Waals surface area contributed by atoms with E-state index < -0.39 is 5.97 Å². The molecule has 1 aromatic heterocycles. The van der Waals surface area contributed by atoms with E-state index in [4.69, 9.17) is 9.84 Å². The molecule has 2 rings (SSSR count). The molecule has 0 bridgehead atoms. The number of hydrogen-bond acceptors (Lipinski definition) is 4. The van der Waals surface area contributed by atoms with Gasteiger partial charge in [-0.05, 0) is 50.6 Å². The van der Waals surface area contributed by atoms with Crippen LogP contribution in [-0.2, 0) is 16.0 Å². The van der Waals surface area contributed by atoms with Gasteiger partial charge in [-0.25, -0.2) is 0 Å². The summed E-state index contributed by atoms with van der Waals surface area (Å²) in [4.78, 5) is 27.8. The number of carbonyl (C=O) groups is 2. The van der Waals surface area contributed by atoms with E-state index in [0.717, 1.165) is 30.4 Å². The third-order valence-corrected chi connectivity index (χ3v) is 4.29. The second-order valence-corrected chi connectivity index (χ2v) is 6.24. The van der Waals surface area contributed by atoms with E-state index in [0.29, 0.717) is 18.6 Å². The number of aromatic amines is 1. The predicted octanol–water partition coefficient (Wildman–Crippen LogP) is 3.21. The number of carbonyl (C=O) groups excluding carboxylic acids is 1. The zero-order chi connectivity index (χ0) is 18.2. The van der Waals surface area contributed by atoms with Crippen LogP contribution in [0.25, 0.3) is 10.9 Å². The van der Waals surface area contributed by atoms with Crippen LogP contribution in [-0.4, -0.2) is 47.1 Å². The standard InChI is InChI=1S/C19H26N2O4/c1-3-21(2)11-10-14-13-20-17-12-15(8-9-16(14)17)25-19(24)7-5-4-6-18(22)23/h8-9,12-13,20H,3-7,10-11H2,1-2H3,(H,22,23). The van der Waals surface area contributed by atoms with Crippen LogP contribution in [0.5, 0.6) is 5.75 Å². The quantitative estimate of drug-likeness (QED) is 0.392. The normalized spacial score (nSPS) is 11.2. The molecule has 1 aromatic carbocycles. The Balaban J connectivity index is 1.90. The molecule has 0 spiro atoms. The monoisotopic (exact) mass is 346 g/mol. The van der Waals surface area contributed by atoms with Crippen LogP contribution in [0.2, 0.25) is 0 Å². The summed E-state index contributed by atoms with van der Waals surface area (Å²) < 4.78 is 5.34. The maximum absolute atomic E-state index is 11.8. The van der Waals surface area contributed by atoms with Gasteiger partial charge in [0.25, 0.3) is 0 Å². The van der Waals surface area contributed by atoms with Crippen molar-refractivity contribution in [2.75, 3.05) is 20.1 Å². The van der Waals surface area contributed by atoms with Crippen LogP contribution in [0.3, 0.4) is 0 Å². The lowest BCUT2D eigenvalue weighted by Crippen LogP contribution is -2.20. The summed E-state index contributed by atoms with van der Waals surface area (Å²) >= 11 is 0. The van der Waals surface area contributed by atoms with E-state index in [-0.39, 0.29) is 18.8 Å². The van der Waals surface area contributed by atoms with Gasteiger partial charge in [0.2, 0.25) is 0 Å². The molecule has 0 aliphatic heterocycles. The summed E-state index contributed by atoms with van der Waals surface area (Å²) in [6.07, 6.45) is 4.28. The summed E-state index contributed by atoms with van der Waals surface area (Å²) in [6.45, 7) is 4.16. The molecule has 0 atom stereocenters. The molecule has 0 aliphatic rings. The van der Waals surface area contributed by atoms with E-state index >= 15 is 0 Å². The highest BCUT2D eigenvalue weighted by Gasteiger charge is 2.09. The lowest BCUT2D eigenvalue weighted by atomic mass is 10.1. The topological polar surface area (TPSA) is 82.6 Å². The number of aromatic nitrogens is 1. The number of rotatable bonds is 10. The van der Waals surface area contributed by atoms with Gasteiger partial charge in [-0.15, -0.1) is 0 Å². The molecule has 0 fully saturated rings. The SMILES string of the molecule is CCN(C)CCc1c[nH]c2cc(OC(=O)CCCCC(=O)O)ccc12. The number of aliphatic carboxylic acids is 1. The van der Waals surface area contributed by atoms with Crippen LogP contribution in [0.4, 0.5) is 0 Å². The first kappa shape index (κ1) is 19.0. The van der Waals surface area contributed by atoms with E-state index in [1.807, 2.05) is 18.3 Å². The van der Waals surface area contributed by atoms with Crippen molar-refractivity contribution < 1.29 is 19.4 Å². The number of H-pyrrole nitrogens is 1. The van der Waals surface area contributed by atoms with Crippen LogP contribution >= 0.6 is 0 Å². The fourth-order valence-electron chi connectivity index (χ4n) is 2.63. The number of likely N-dealkylation sites (N-methyl/N-ethyl adjacent to an activating group) is 1. The minimum Gasteiger partial charge on any atom is -0.481 e. The lowest BCUT2D eigenvalue weighted by molar-refractivity contribution is -0.138. The average molecular weight is 346 g/mol. The summed E-state index contributed by atoms with van der Waals surface area (Å²) in [6, 6.07) is 5.61.